The second-order valence-electron chi connectivity index (χ2n) is 11.2. The van der Waals surface area contributed by atoms with E-state index in [1.165, 1.54) is 54.7 Å². The van der Waals surface area contributed by atoms with Crippen molar-refractivity contribution in [3.8, 4) is 5.75 Å². The van der Waals surface area contributed by atoms with E-state index in [1.807, 2.05) is 0 Å². The van der Waals surface area contributed by atoms with Gasteiger partial charge in [-0.15, -0.1) is 0 Å². The van der Waals surface area contributed by atoms with Crippen molar-refractivity contribution in [2.24, 2.45) is 5.41 Å². The largest absolute Gasteiger partial charge is 0.493 e. The first-order valence-corrected chi connectivity index (χ1v) is 13.8. The highest BCUT2D eigenvalue weighted by atomic mass is 19.1. The van der Waals surface area contributed by atoms with Gasteiger partial charge in [0.05, 0.1) is 6.61 Å². The van der Waals surface area contributed by atoms with Crippen molar-refractivity contribution in [2.45, 2.75) is 85.9 Å². The number of likely N-dealkylation sites (tertiary alicyclic amines) is 1. The lowest BCUT2D eigenvalue weighted by atomic mass is 9.77. The number of anilines is 1. The van der Waals surface area contributed by atoms with Crippen LogP contribution in [0.2, 0.25) is 0 Å². The van der Waals surface area contributed by atoms with Crippen molar-refractivity contribution in [1.82, 2.24) is 4.90 Å². The van der Waals surface area contributed by atoms with E-state index in [0.29, 0.717) is 5.41 Å². The van der Waals surface area contributed by atoms with E-state index in [9.17, 15) is 4.39 Å². The van der Waals surface area contributed by atoms with Gasteiger partial charge in [-0.1, -0.05) is 38.5 Å². The van der Waals surface area contributed by atoms with E-state index in [0.717, 1.165) is 68.8 Å². The summed E-state index contributed by atoms with van der Waals surface area (Å²) >= 11 is 0. The highest BCUT2D eigenvalue weighted by Crippen LogP contribution is 2.37. The molecule has 0 amide bonds. The Hall–Kier alpha value is -2.07. The van der Waals surface area contributed by atoms with Crippen molar-refractivity contribution < 1.29 is 9.13 Å². The second kappa shape index (κ2) is 11.8. The number of hydrogen-bond donors (Lipinski definition) is 0. The molecule has 0 aliphatic carbocycles. The number of benzene rings is 2. The molecule has 2 fully saturated rings. The van der Waals surface area contributed by atoms with Gasteiger partial charge in [-0.2, -0.15) is 0 Å². The molecule has 0 aromatic heterocycles. The van der Waals surface area contributed by atoms with E-state index in [2.05, 4.69) is 67.8 Å². The average molecular weight is 481 g/mol. The Bertz CT molecular complexity index is 951. The van der Waals surface area contributed by atoms with Crippen molar-refractivity contribution in [3.63, 3.8) is 0 Å². The molecule has 0 N–H and O–H groups in total. The predicted molar refractivity (Wildman–Crippen MR) is 145 cm³/mol. The third-order valence-electron chi connectivity index (χ3n) is 8.38. The Labute approximate surface area is 212 Å². The van der Waals surface area contributed by atoms with E-state index in [-0.39, 0.29) is 6.67 Å². The summed E-state index contributed by atoms with van der Waals surface area (Å²) in [7, 11) is 0. The van der Waals surface area contributed by atoms with Crippen LogP contribution in [0.3, 0.4) is 0 Å². The lowest BCUT2D eigenvalue weighted by Crippen LogP contribution is -2.39. The smallest absolute Gasteiger partial charge is 0.125 e. The van der Waals surface area contributed by atoms with Gasteiger partial charge in [-0.05, 0) is 111 Å². The number of rotatable bonds is 9. The third kappa shape index (κ3) is 6.58. The minimum absolute atomic E-state index is 0.290. The molecular formula is C31H45FN2O. The van der Waals surface area contributed by atoms with Crippen LogP contribution in [0.5, 0.6) is 5.75 Å². The summed E-state index contributed by atoms with van der Waals surface area (Å²) in [5.74, 6) is 1.07. The van der Waals surface area contributed by atoms with Crippen LogP contribution in [-0.4, -0.2) is 37.7 Å². The average Bonchev–Trinajstić information content (AvgIpc) is 2.86. The summed E-state index contributed by atoms with van der Waals surface area (Å²) in [6.45, 7) is 14.8. The zero-order valence-electron chi connectivity index (χ0n) is 22.5. The van der Waals surface area contributed by atoms with Crippen LogP contribution in [0.25, 0.3) is 0 Å². The molecule has 2 aromatic rings. The number of ether oxygens (including phenoxy) is 1. The molecule has 2 aromatic carbocycles. The first-order valence-electron chi connectivity index (χ1n) is 13.8. The van der Waals surface area contributed by atoms with Gasteiger partial charge in [0.15, 0.2) is 0 Å². The molecule has 0 unspecified atom stereocenters. The maximum absolute atomic E-state index is 13.5. The lowest BCUT2D eigenvalue weighted by Gasteiger charge is -2.40. The Morgan fingerprint density at radius 1 is 0.914 bits per heavy atom. The first kappa shape index (κ1) is 26.0. The van der Waals surface area contributed by atoms with Gasteiger partial charge in [-0.25, -0.2) is 4.39 Å². The maximum atomic E-state index is 13.5. The molecule has 2 aliphatic rings. The van der Waals surface area contributed by atoms with Crippen molar-refractivity contribution in [3.05, 3.63) is 58.1 Å². The summed E-state index contributed by atoms with van der Waals surface area (Å²) < 4.78 is 19.9. The standard InChI is InChI=1S/C31H45FN2O/c1-5-27-9-10-29(21-28(27)22-32)34-16-11-31(4,12-17-34)13-18-35-30-24(2)19-26(20-25(30)3)23-33-14-7-6-8-15-33/h9-10,19-21H,5-8,11-18,22-23H2,1-4H3. The van der Waals surface area contributed by atoms with E-state index in [1.54, 1.807) is 0 Å². The minimum Gasteiger partial charge on any atom is -0.493 e. The zero-order chi connectivity index (χ0) is 24.8. The van der Waals surface area contributed by atoms with Gasteiger partial charge >= 0.3 is 0 Å². The van der Waals surface area contributed by atoms with Gasteiger partial charge in [0, 0.05) is 25.3 Å². The number of piperidine rings is 2. The number of nitrogens with zero attached hydrogens (tertiary/aromatic N) is 2. The van der Waals surface area contributed by atoms with Crippen LogP contribution in [0.4, 0.5) is 10.1 Å². The molecule has 0 saturated carbocycles. The molecule has 0 atom stereocenters. The van der Waals surface area contributed by atoms with Gasteiger partial charge in [0.1, 0.15) is 12.4 Å². The molecule has 2 heterocycles. The van der Waals surface area contributed by atoms with Crippen molar-refractivity contribution >= 4 is 5.69 Å². The molecule has 3 nitrogen and oxygen atoms in total. The van der Waals surface area contributed by atoms with Crippen molar-refractivity contribution in [2.75, 3.05) is 37.7 Å². The Kier molecular flexibility index (Phi) is 8.75. The monoisotopic (exact) mass is 480 g/mol. The molecule has 0 radical (unpaired) electrons. The van der Waals surface area contributed by atoms with Gasteiger partial charge in [0.2, 0.25) is 0 Å². The van der Waals surface area contributed by atoms with Crippen LogP contribution in [-0.2, 0) is 19.6 Å². The normalized spacial score (nSPS) is 18.6. The van der Waals surface area contributed by atoms with Gasteiger partial charge in [-0.3, -0.25) is 4.90 Å². The lowest BCUT2D eigenvalue weighted by molar-refractivity contribution is 0.174. The molecule has 192 valence electrons. The fraction of sp³-hybridized carbons (Fsp3) is 0.613. The Morgan fingerprint density at radius 2 is 1.60 bits per heavy atom. The van der Waals surface area contributed by atoms with E-state index < -0.39 is 0 Å². The summed E-state index contributed by atoms with van der Waals surface area (Å²) in [5, 5.41) is 0. The molecule has 2 saturated heterocycles. The molecular weight excluding hydrogens is 435 g/mol. The van der Waals surface area contributed by atoms with Crippen LogP contribution < -0.4 is 9.64 Å². The molecule has 2 aliphatic heterocycles. The second-order valence-corrected chi connectivity index (χ2v) is 11.2. The quantitative estimate of drug-likeness (QED) is 0.372. The van der Waals surface area contributed by atoms with E-state index in [4.69, 9.17) is 4.74 Å². The number of halogens is 1. The topological polar surface area (TPSA) is 15.7 Å². The Balaban J connectivity index is 1.28. The van der Waals surface area contributed by atoms with Crippen LogP contribution in [0.15, 0.2) is 30.3 Å². The Morgan fingerprint density at radius 3 is 2.23 bits per heavy atom. The van der Waals surface area contributed by atoms with Crippen LogP contribution >= 0.6 is 0 Å². The number of aryl methyl sites for hydroxylation is 3. The van der Waals surface area contributed by atoms with Gasteiger partial charge < -0.3 is 9.64 Å². The highest BCUT2D eigenvalue weighted by Gasteiger charge is 2.30. The molecule has 4 heteroatoms. The minimum atomic E-state index is -0.377. The van der Waals surface area contributed by atoms with Crippen LogP contribution in [0, 0.1) is 19.3 Å². The summed E-state index contributed by atoms with van der Waals surface area (Å²) in [5.41, 5.74) is 7.37. The fourth-order valence-electron chi connectivity index (χ4n) is 5.97. The third-order valence-corrected chi connectivity index (χ3v) is 8.38. The number of hydrogen-bond acceptors (Lipinski definition) is 3. The predicted octanol–water partition coefficient (Wildman–Crippen LogP) is 7.40. The summed E-state index contributed by atoms with van der Waals surface area (Å²) in [6.07, 6.45) is 8.29. The molecule has 0 bridgehead atoms. The van der Waals surface area contributed by atoms with Gasteiger partial charge in [0.25, 0.3) is 0 Å². The summed E-state index contributed by atoms with van der Waals surface area (Å²) in [6, 6.07) is 11.0. The number of alkyl halides is 1. The fourth-order valence-corrected chi connectivity index (χ4v) is 5.97. The van der Waals surface area contributed by atoms with E-state index >= 15 is 0 Å². The first-order chi connectivity index (χ1) is 16.9. The van der Waals surface area contributed by atoms with Crippen LogP contribution in [0.1, 0.15) is 80.2 Å². The zero-order valence-corrected chi connectivity index (χ0v) is 22.5. The SMILES string of the molecule is CCc1ccc(N2CCC(C)(CCOc3c(C)cc(CN4CCCCC4)cc3C)CC2)cc1CF. The maximum Gasteiger partial charge on any atom is 0.125 e. The summed E-state index contributed by atoms with van der Waals surface area (Å²) in [4.78, 5) is 5.01. The highest BCUT2D eigenvalue weighted by molar-refractivity contribution is 5.51. The van der Waals surface area contributed by atoms with Crippen molar-refractivity contribution in [1.29, 1.82) is 0 Å². The molecule has 4 rings (SSSR count). The molecule has 35 heavy (non-hydrogen) atoms. The molecule has 0 spiro atoms.